The SMILES string of the molecule is CCCCCCCC/C=C\CCCCCCCCCC(=O)OC(CO)COC(=O)CCCCCCCCCCCCCCCCCCCCCCCC. The third-order valence-corrected chi connectivity index (χ3v) is 10.8. The molecule has 0 aromatic rings. The quantitative estimate of drug-likeness (QED) is 0.0381. The Labute approximate surface area is 331 Å². The second kappa shape index (κ2) is 45.0. The molecule has 0 aliphatic rings. The first-order valence-electron chi connectivity index (χ1n) is 23.7. The zero-order valence-electron chi connectivity index (χ0n) is 35.8. The van der Waals surface area contributed by atoms with E-state index < -0.39 is 6.10 Å². The summed E-state index contributed by atoms with van der Waals surface area (Å²) in [5.41, 5.74) is 0. The van der Waals surface area contributed by atoms with Crippen LogP contribution in [0.4, 0.5) is 0 Å². The van der Waals surface area contributed by atoms with Gasteiger partial charge in [0.25, 0.3) is 0 Å². The molecule has 1 N–H and O–H groups in total. The predicted octanol–water partition coefficient (Wildman–Crippen LogP) is 15.2. The highest BCUT2D eigenvalue weighted by Gasteiger charge is 2.16. The maximum absolute atomic E-state index is 12.2. The summed E-state index contributed by atoms with van der Waals surface area (Å²) in [7, 11) is 0. The molecule has 0 rings (SSSR count). The molecule has 5 heteroatoms. The molecule has 0 saturated carbocycles. The first-order valence-corrected chi connectivity index (χ1v) is 23.7. The number of aliphatic hydroxyl groups excluding tert-OH is 1. The van der Waals surface area contributed by atoms with Crippen LogP contribution in [0.3, 0.4) is 0 Å². The van der Waals surface area contributed by atoms with Crippen LogP contribution in [-0.4, -0.2) is 36.4 Å². The molecule has 0 aromatic heterocycles. The third-order valence-electron chi connectivity index (χ3n) is 10.8. The number of hydrogen-bond acceptors (Lipinski definition) is 5. The summed E-state index contributed by atoms with van der Waals surface area (Å²) < 4.78 is 10.7. The first-order chi connectivity index (χ1) is 26.1. The van der Waals surface area contributed by atoms with Gasteiger partial charge in [-0.2, -0.15) is 0 Å². The Bertz CT molecular complexity index is 765. The second-order valence-electron chi connectivity index (χ2n) is 16.2. The molecular weight excluding hydrogens is 657 g/mol. The van der Waals surface area contributed by atoms with Gasteiger partial charge in [0, 0.05) is 12.8 Å². The predicted molar refractivity (Wildman–Crippen MR) is 228 cm³/mol. The number of hydrogen-bond donors (Lipinski definition) is 1. The summed E-state index contributed by atoms with van der Waals surface area (Å²) in [5, 5.41) is 9.60. The molecule has 0 amide bonds. The number of allylic oxidation sites excluding steroid dienone is 2. The van der Waals surface area contributed by atoms with E-state index >= 15 is 0 Å². The fourth-order valence-electron chi connectivity index (χ4n) is 7.20. The van der Waals surface area contributed by atoms with Crippen LogP contribution in [-0.2, 0) is 19.1 Å². The Morgan fingerprint density at radius 2 is 0.698 bits per heavy atom. The zero-order valence-corrected chi connectivity index (χ0v) is 35.8. The van der Waals surface area contributed by atoms with Gasteiger partial charge in [0.15, 0.2) is 6.10 Å². The van der Waals surface area contributed by atoms with Gasteiger partial charge in [0.2, 0.25) is 0 Å². The van der Waals surface area contributed by atoms with Crippen molar-refractivity contribution in [2.45, 2.75) is 270 Å². The van der Waals surface area contributed by atoms with Gasteiger partial charge >= 0.3 is 11.9 Å². The summed E-state index contributed by atoms with van der Waals surface area (Å²) >= 11 is 0. The summed E-state index contributed by atoms with van der Waals surface area (Å²) in [5.74, 6) is -0.579. The van der Waals surface area contributed by atoms with Crippen LogP contribution in [0, 0.1) is 0 Å². The Morgan fingerprint density at radius 1 is 0.415 bits per heavy atom. The van der Waals surface area contributed by atoms with E-state index in [1.165, 1.54) is 205 Å². The van der Waals surface area contributed by atoms with Gasteiger partial charge in [-0.3, -0.25) is 9.59 Å². The molecule has 0 aliphatic carbocycles. The molecule has 314 valence electrons. The van der Waals surface area contributed by atoms with Gasteiger partial charge in [0.1, 0.15) is 6.61 Å². The van der Waals surface area contributed by atoms with Gasteiger partial charge in [-0.05, 0) is 38.5 Å². The van der Waals surface area contributed by atoms with E-state index in [1.54, 1.807) is 0 Å². The van der Waals surface area contributed by atoms with Crippen LogP contribution in [0.25, 0.3) is 0 Å². The summed E-state index contributed by atoms with van der Waals surface area (Å²) in [6, 6.07) is 0. The number of ether oxygens (including phenoxy) is 2. The minimum absolute atomic E-state index is 0.0609. The third kappa shape index (κ3) is 43.2. The topological polar surface area (TPSA) is 72.8 Å². The lowest BCUT2D eigenvalue weighted by Crippen LogP contribution is -2.28. The molecule has 0 spiro atoms. The molecule has 0 heterocycles. The molecular formula is C48H92O5. The lowest BCUT2D eigenvalue weighted by atomic mass is 10.0. The first kappa shape index (κ1) is 51.6. The Kier molecular flexibility index (Phi) is 43.9. The highest BCUT2D eigenvalue weighted by molar-refractivity contribution is 5.70. The molecule has 5 nitrogen and oxygen atoms in total. The summed E-state index contributed by atoms with van der Waals surface area (Å²) in [6.45, 7) is 4.17. The Morgan fingerprint density at radius 3 is 1.02 bits per heavy atom. The van der Waals surface area contributed by atoms with Crippen LogP contribution >= 0.6 is 0 Å². The van der Waals surface area contributed by atoms with Crippen molar-refractivity contribution >= 4 is 11.9 Å². The molecule has 53 heavy (non-hydrogen) atoms. The van der Waals surface area contributed by atoms with Crippen molar-refractivity contribution in [2.75, 3.05) is 13.2 Å². The fraction of sp³-hybridized carbons (Fsp3) is 0.917. The number of aliphatic hydroxyl groups is 1. The van der Waals surface area contributed by atoms with E-state index in [2.05, 4.69) is 26.0 Å². The Hall–Kier alpha value is -1.36. The van der Waals surface area contributed by atoms with E-state index in [0.717, 1.165) is 32.1 Å². The number of carbonyl (C=O) groups excluding carboxylic acids is 2. The largest absolute Gasteiger partial charge is 0.462 e. The van der Waals surface area contributed by atoms with Gasteiger partial charge < -0.3 is 14.6 Å². The standard InChI is InChI=1S/C48H92O5/c1-3-5-7-9-11-13-15-17-19-21-22-23-24-25-27-28-30-32-34-36-38-40-42-47(50)52-45-46(44-49)53-48(51)43-41-39-37-35-33-31-29-26-20-18-16-14-12-10-8-6-4-2/h18,20,46,49H,3-17,19,21-45H2,1-2H3/b20-18-. The summed E-state index contributed by atoms with van der Waals surface area (Å²) in [6.07, 6.45) is 52.9. The van der Waals surface area contributed by atoms with Crippen LogP contribution in [0.1, 0.15) is 264 Å². The number of esters is 2. The highest BCUT2D eigenvalue weighted by Crippen LogP contribution is 2.16. The molecule has 0 aliphatic heterocycles. The maximum atomic E-state index is 12.2. The van der Waals surface area contributed by atoms with Crippen LogP contribution < -0.4 is 0 Å². The fourth-order valence-corrected chi connectivity index (χ4v) is 7.20. The number of unbranched alkanes of at least 4 members (excludes halogenated alkanes) is 34. The summed E-state index contributed by atoms with van der Waals surface area (Å²) in [4.78, 5) is 24.4. The average Bonchev–Trinajstić information content (AvgIpc) is 3.16. The van der Waals surface area contributed by atoms with Gasteiger partial charge in [-0.25, -0.2) is 0 Å². The van der Waals surface area contributed by atoms with Crippen LogP contribution in [0.2, 0.25) is 0 Å². The maximum Gasteiger partial charge on any atom is 0.306 e. The molecule has 0 radical (unpaired) electrons. The van der Waals surface area contributed by atoms with E-state index in [9.17, 15) is 14.7 Å². The van der Waals surface area contributed by atoms with Crippen molar-refractivity contribution < 1.29 is 24.2 Å². The van der Waals surface area contributed by atoms with Gasteiger partial charge in [-0.15, -0.1) is 0 Å². The molecule has 0 fully saturated rings. The molecule has 1 atom stereocenters. The smallest absolute Gasteiger partial charge is 0.306 e. The van der Waals surface area contributed by atoms with Crippen molar-refractivity contribution in [3.63, 3.8) is 0 Å². The van der Waals surface area contributed by atoms with Crippen molar-refractivity contribution in [1.82, 2.24) is 0 Å². The molecule has 1 unspecified atom stereocenters. The zero-order chi connectivity index (χ0) is 38.6. The minimum atomic E-state index is -0.768. The highest BCUT2D eigenvalue weighted by atomic mass is 16.6. The average molecular weight is 749 g/mol. The normalized spacial score (nSPS) is 12.1. The van der Waals surface area contributed by atoms with Crippen LogP contribution in [0.5, 0.6) is 0 Å². The second-order valence-corrected chi connectivity index (χ2v) is 16.2. The van der Waals surface area contributed by atoms with E-state index in [1.807, 2.05) is 0 Å². The van der Waals surface area contributed by atoms with Crippen molar-refractivity contribution in [3.8, 4) is 0 Å². The van der Waals surface area contributed by atoms with Crippen LogP contribution in [0.15, 0.2) is 12.2 Å². The molecule has 0 bridgehead atoms. The Balaban J connectivity index is 3.46. The minimum Gasteiger partial charge on any atom is -0.462 e. The number of rotatable bonds is 44. The van der Waals surface area contributed by atoms with Crippen molar-refractivity contribution in [3.05, 3.63) is 12.2 Å². The lowest BCUT2D eigenvalue weighted by Gasteiger charge is -2.15. The van der Waals surface area contributed by atoms with Crippen molar-refractivity contribution in [2.24, 2.45) is 0 Å². The lowest BCUT2D eigenvalue weighted by molar-refractivity contribution is -0.161. The van der Waals surface area contributed by atoms with Gasteiger partial charge in [0.05, 0.1) is 6.61 Å². The van der Waals surface area contributed by atoms with Crippen molar-refractivity contribution in [1.29, 1.82) is 0 Å². The number of carbonyl (C=O) groups is 2. The van der Waals surface area contributed by atoms with Gasteiger partial charge in [-0.1, -0.05) is 225 Å². The molecule has 0 aromatic carbocycles. The van der Waals surface area contributed by atoms with E-state index in [4.69, 9.17) is 9.47 Å². The van der Waals surface area contributed by atoms with E-state index in [0.29, 0.717) is 12.8 Å². The monoisotopic (exact) mass is 749 g/mol. The molecule has 0 saturated heterocycles. The van der Waals surface area contributed by atoms with E-state index in [-0.39, 0.29) is 25.2 Å².